The summed E-state index contributed by atoms with van der Waals surface area (Å²) >= 11 is 2.79. The van der Waals surface area contributed by atoms with Crippen molar-refractivity contribution in [3.05, 3.63) is 39.4 Å². The van der Waals surface area contributed by atoms with Gasteiger partial charge in [-0.2, -0.15) is 4.31 Å². The molecule has 0 spiro atoms. The van der Waals surface area contributed by atoms with Crippen LogP contribution in [0.1, 0.15) is 21.5 Å². The van der Waals surface area contributed by atoms with Gasteiger partial charge in [-0.25, -0.2) is 8.42 Å². The monoisotopic (exact) mass is 384 g/mol. The van der Waals surface area contributed by atoms with Gasteiger partial charge < -0.3 is 0 Å². The minimum atomic E-state index is -3.40. The smallest absolute Gasteiger partial charge is 0.252 e. The van der Waals surface area contributed by atoms with Gasteiger partial charge >= 0.3 is 0 Å². The lowest BCUT2D eigenvalue weighted by atomic mass is 10.2. The van der Waals surface area contributed by atoms with Gasteiger partial charge in [-0.05, 0) is 30.0 Å². The van der Waals surface area contributed by atoms with Crippen LogP contribution in [0.25, 0.3) is 0 Å². The van der Waals surface area contributed by atoms with Gasteiger partial charge in [0.1, 0.15) is 4.21 Å². The Hall–Kier alpha value is -1.06. The van der Waals surface area contributed by atoms with Crippen LogP contribution in [0, 0.1) is 0 Å². The third kappa shape index (κ3) is 3.78. The molecule has 1 fully saturated rings. The molecule has 0 aliphatic carbocycles. The highest BCUT2D eigenvalue weighted by molar-refractivity contribution is 7.91. The average molecular weight is 385 g/mol. The highest BCUT2D eigenvalue weighted by Gasteiger charge is 2.30. The SMILES string of the molecule is CCc1ccc(S(=O)(=O)N2CCN(CC(=O)c3cccs3)CC2)s1. The quantitative estimate of drug-likeness (QED) is 0.718. The first kappa shape index (κ1) is 17.8. The highest BCUT2D eigenvalue weighted by atomic mass is 32.2. The molecule has 0 radical (unpaired) electrons. The van der Waals surface area contributed by atoms with Crippen LogP contribution < -0.4 is 0 Å². The average Bonchev–Trinajstić information content (AvgIpc) is 3.27. The van der Waals surface area contributed by atoms with E-state index in [0.29, 0.717) is 36.9 Å². The van der Waals surface area contributed by atoms with Crippen LogP contribution in [-0.2, 0) is 16.4 Å². The zero-order valence-electron chi connectivity index (χ0n) is 13.5. The molecule has 3 heterocycles. The van der Waals surface area contributed by atoms with E-state index < -0.39 is 10.0 Å². The fourth-order valence-electron chi connectivity index (χ4n) is 2.66. The van der Waals surface area contributed by atoms with Gasteiger partial charge in [-0.3, -0.25) is 9.69 Å². The van der Waals surface area contributed by atoms with E-state index in [9.17, 15) is 13.2 Å². The second kappa shape index (κ2) is 7.45. The first-order valence-corrected chi connectivity index (χ1v) is 11.0. The summed E-state index contributed by atoms with van der Waals surface area (Å²) in [6, 6.07) is 7.28. The lowest BCUT2D eigenvalue weighted by molar-refractivity contribution is 0.0906. The summed E-state index contributed by atoms with van der Waals surface area (Å²) in [6.07, 6.45) is 0.846. The molecule has 24 heavy (non-hydrogen) atoms. The van der Waals surface area contributed by atoms with Crippen molar-refractivity contribution in [3.8, 4) is 0 Å². The van der Waals surface area contributed by atoms with Crippen molar-refractivity contribution in [2.45, 2.75) is 17.6 Å². The Balaban J connectivity index is 1.59. The molecule has 2 aromatic heterocycles. The molecule has 130 valence electrons. The Kier molecular flexibility index (Phi) is 5.51. The fraction of sp³-hybridized carbons (Fsp3) is 0.438. The number of rotatable bonds is 6. The van der Waals surface area contributed by atoms with E-state index in [0.717, 1.165) is 16.2 Å². The molecule has 0 aromatic carbocycles. The molecule has 0 bridgehead atoms. The number of carbonyl (C=O) groups excluding carboxylic acids is 1. The Bertz CT molecular complexity index is 788. The van der Waals surface area contributed by atoms with Crippen molar-refractivity contribution < 1.29 is 13.2 Å². The summed E-state index contributed by atoms with van der Waals surface area (Å²) in [5.74, 6) is 0.104. The standard InChI is InChI=1S/C16H20N2O3S3/c1-2-13-5-6-16(23-13)24(20,21)18-9-7-17(8-10-18)12-14(19)15-4-3-11-22-15/h3-6,11H,2,7-10,12H2,1H3. The van der Waals surface area contributed by atoms with Gasteiger partial charge in [0, 0.05) is 31.1 Å². The van der Waals surface area contributed by atoms with Gasteiger partial charge in [0.05, 0.1) is 11.4 Å². The van der Waals surface area contributed by atoms with Gasteiger partial charge in [0.15, 0.2) is 5.78 Å². The molecule has 0 saturated carbocycles. The van der Waals surface area contributed by atoms with Gasteiger partial charge in [-0.1, -0.05) is 13.0 Å². The van der Waals surface area contributed by atoms with Crippen LogP contribution in [0.3, 0.4) is 0 Å². The predicted molar refractivity (Wildman–Crippen MR) is 97.5 cm³/mol. The maximum absolute atomic E-state index is 12.7. The number of Topliss-reactive ketones (excluding diaryl/α,β-unsaturated/α-hetero) is 1. The molecule has 1 saturated heterocycles. The summed E-state index contributed by atoms with van der Waals surface area (Å²) in [5.41, 5.74) is 0. The number of nitrogens with zero attached hydrogens (tertiary/aromatic N) is 2. The Morgan fingerprint density at radius 1 is 1.17 bits per heavy atom. The van der Waals surface area contributed by atoms with Crippen molar-refractivity contribution >= 4 is 38.5 Å². The first-order valence-electron chi connectivity index (χ1n) is 7.88. The van der Waals surface area contributed by atoms with Crippen LogP contribution >= 0.6 is 22.7 Å². The van der Waals surface area contributed by atoms with Gasteiger partial charge in [0.25, 0.3) is 10.0 Å². The first-order chi connectivity index (χ1) is 11.5. The molecule has 2 aromatic rings. The number of carbonyl (C=O) groups is 1. The lowest BCUT2D eigenvalue weighted by Crippen LogP contribution is -2.49. The largest absolute Gasteiger partial charge is 0.293 e. The Labute approximate surface area is 150 Å². The third-order valence-electron chi connectivity index (χ3n) is 4.07. The second-order valence-electron chi connectivity index (χ2n) is 5.66. The van der Waals surface area contributed by atoms with E-state index in [1.807, 2.05) is 35.4 Å². The van der Waals surface area contributed by atoms with Crippen molar-refractivity contribution in [1.29, 1.82) is 0 Å². The topological polar surface area (TPSA) is 57.7 Å². The van der Waals surface area contributed by atoms with E-state index in [2.05, 4.69) is 0 Å². The maximum Gasteiger partial charge on any atom is 0.252 e. The van der Waals surface area contributed by atoms with Crippen LogP contribution in [0.5, 0.6) is 0 Å². The van der Waals surface area contributed by atoms with Crippen molar-refractivity contribution in [2.75, 3.05) is 32.7 Å². The molecular formula is C16H20N2O3S3. The predicted octanol–water partition coefficient (Wildman–Crippen LogP) is 2.56. The second-order valence-corrected chi connectivity index (χ2v) is 9.94. The van der Waals surface area contributed by atoms with E-state index >= 15 is 0 Å². The normalized spacial score (nSPS) is 17.2. The van der Waals surface area contributed by atoms with Crippen LogP contribution in [-0.4, -0.2) is 56.1 Å². The molecule has 0 N–H and O–H groups in total. The Morgan fingerprint density at radius 3 is 2.50 bits per heavy atom. The number of ketones is 1. The summed E-state index contributed by atoms with van der Waals surface area (Å²) in [6.45, 7) is 4.41. The molecule has 8 heteroatoms. The number of thiophene rings is 2. The van der Waals surface area contributed by atoms with Gasteiger partial charge in [-0.15, -0.1) is 22.7 Å². The maximum atomic E-state index is 12.7. The van der Waals surface area contributed by atoms with E-state index in [-0.39, 0.29) is 5.78 Å². The summed E-state index contributed by atoms with van der Waals surface area (Å²) in [5, 5.41) is 1.89. The van der Waals surface area contributed by atoms with E-state index in [1.165, 1.54) is 27.0 Å². The molecule has 3 rings (SSSR count). The Morgan fingerprint density at radius 2 is 1.92 bits per heavy atom. The van der Waals surface area contributed by atoms with E-state index in [4.69, 9.17) is 0 Å². The molecule has 0 atom stereocenters. The van der Waals surface area contributed by atoms with E-state index in [1.54, 1.807) is 6.07 Å². The number of piperazine rings is 1. The van der Waals surface area contributed by atoms with Crippen molar-refractivity contribution in [3.63, 3.8) is 0 Å². The number of hydrogen-bond donors (Lipinski definition) is 0. The lowest BCUT2D eigenvalue weighted by Gasteiger charge is -2.33. The molecular weight excluding hydrogens is 364 g/mol. The molecule has 1 aliphatic rings. The number of hydrogen-bond acceptors (Lipinski definition) is 6. The zero-order valence-corrected chi connectivity index (χ0v) is 15.9. The minimum Gasteiger partial charge on any atom is -0.293 e. The summed E-state index contributed by atoms with van der Waals surface area (Å²) in [4.78, 5) is 16.0. The highest BCUT2D eigenvalue weighted by Crippen LogP contribution is 2.26. The third-order valence-corrected chi connectivity index (χ3v) is 8.58. The fourth-order valence-corrected chi connectivity index (χ4v) is 6.19. The van der Waals surface area contributed by atoms with Gasteiger partial charge in [0.2, 0.25) is 0 Å². The number of sulfonamides is 1. The van der Waals surface area contributed by atoms with Crippen molar-refractivity contribution in [1.82, 2.24) is 9.21 Å². The molecule has 1 aliphatic heterocycles. The number of aryl methyl sites for hydroxylation is 1. The molecule has 0 amide bonds. The summed E-state index contributed by atoms with van der Waals surface area (Å²) < 4.78 is 27.3. The zero-order chi connectivity index (χ0) is 17.2. The summed E-state index contributed by atoms with van der Waals surface area (Å²) in [7, 11) is -3.40. The molecule has 5 nitrogen and oxygen atoms in total. The minimum absolute atomic E-state index is 0.104. The van der Waals surface area contributed by atoms with Crippen LogP contribution in [0.2, 0.25) is 0 Å². The van der Waals surface area contributed by atoms with Crippen LogP contribution in [0.15, 0.2) is 33.9 Å². The van der Waals surface area contributed by atoms with Crippen LogP contribution in [0.4, 0.5) is 0 Å². The molecule has 0 unspecified atom stereocenters. The van der Waals surface area contributed by atoms with Crippen molar-refractivity contribution in [2.24, 2.45) is 0 Å².